The van der Waals surface area contributed by atoms with Crippen LogP contribution in [0, 0.1) is 13.8 Å². The van der Waals surface area contributed by atoms with Crippen molar-refractivity contribution >= 4 is 0 Å². The molecule has 17 heavy (non-hydrogen) atoms. The molecule has 0 bridgehead atoms. The maximum absolute atomic E-state index is 5.48. The fourth-order valence-electron chi connectivity index (χ4n) is 1.70. The van der Waals surface area contributed by atoms with Gasteiger partial charge in [-0.05, 0) is 49.7 Å². The summed E-state index contributed by atoms with van der Waals surface area (Å²) in [4.78, 5) is 0. The van der Waals surface area contributed by atoms with E-state index in [0.29, 0.717) is 6.54 Å². The summed E-state index contributed by atoms with van der Waals surface area (Å²) in [6.07, 6.45) is 0.778. The lowest BCUT2D eigenvalue weighted by Crippen LogP contribution is -2.05. The van der Waals surface area contributed by atoms with Gasteiger partial charge in [0.25, 0.3) is 0 Å². The van der Waals surface area contributed by atoms with Gasteiger partial charge in [0.05, 0.1) is 11.4 Å². The molecule has 0 amide bonds. The van der Waals surface area contributed by atoms with Gasteiger partial charge in [0.15, 0.2) is 0 Å². The molecule has 0 aliphatic rings. The van der Waals surface area contributed by atoms with Gasteiger partial charge in [0, 0.05) is 12.0 Å². The summed E-state index contributed by atoms with van der Waals surface area (Å²) < 4.78 is 0. The largest absolute Gasteiger partial charge is 0.330 e. The minimum Gasteiger partial charge on any atom is -0.330 e. The predicted octanol–water partition coefficient (Wildman–Crippen LogP) is 2.26. The fourth-order valence-corrected chi connectivity index (χ4v) is 1.70. The Bertz CT molecular complexity index is 503. The Morgan fingerprint density at radius 2 is 1.82 bits per heavy atom. The van der Waals surface area contributed by atoms with Crippen LogP contribution < -0.4 is 5.73 Å². The Labute approximate surface area is 102 Å². The van der Waals surface area contributed by atoms with Crippen molar-refractivity contribution < 1.29 is 0 Å². The molecule has 2 rings (SSSR count). The minimum atomic E-state index is 0.609. The van der Waals surface area contributed by atoms with Gasteiger partial charge in [-0.3, -0.25) is 0 Å². The van der Waals surface area contributed by atoms with Crippen LogP contribution >= 0.6 is 0 Å². The molecule has 1 aromatic heterocycles. The van der Waals surface area contributed by atoms with Crippen LogP contribution in [0.25, 0.3) is 11.3 Å². The summed E-state index contributed by atoms with van der Waals surface area (Å²) in [5.41, 5.74) is 11.0. The molecular weight excluding hydrogens is 210 g/mol. The number of nitrogens with two attached hydrogens (primary N) is 1. The SMILES string of the molecule is Cc1ccc(-c2ccc(CCN)nn2)cc1C. The number of rotatable bonds is 3. The highest BCUT2D eigenvalue weighted by atomic mass is 15.1. The van der Waals surface area contributed by atoms with Gasteiger partial charge in [0.2, 0.25) is 0 Å². The summed E-state index contributed by atoms with van der Waals surface area (Å²) >= 11 is 0. The van der Waals surface area contributed by atoms with Crippen molar-refractivity contribution in [1.82, 2.24) is 10.2 Å². The third kappa shape index (κ3) is 2.68. The van der Waals surface area contributed by atoms with E-state index in [4.69, 9.17) is 5.73 Å². The highest BCUT2D eigenvalue weighted by molar-refractivity contribution is 5.60. The molecule has 2 aromatic rings. The smallest absolute Gasteiger partial charge is 0.0929 e. The Hall–Kier alpha value is -1.74. The Morgan fingerprint density at radius 3 is 2.41 bits per heavy atom. The van der Waals surface area contributed by atoms with Crippen molar-refractivity contribution in [1.29, 1.82) is 0 Å². The van der Waals surface area contributed by atoms with E-state index in [-0.39, 0.29) is 0 Å². The van der Waals surface area contributed by atoms with Crippen molar-refractivity contribution in [2.45, 2.75) is 20.3 Å². The van der Waals surface area contributed by atoms with E-state index in [9.17, 15) is 0 Å². The number of hydrogen-bond donors (Lipinski definition) is 1. The Kier molecular flexibility index (Phi) is 3.49. The van der Waals surface area contributed by atoms with Crippen LogP contribution in [0.4, 0.5) is 0 Å². The molecule has 0 fully saturated rings. The number of aromatic nitrogens is 2. The van der Waals surface area contributed by atoms with Crippen molar-refractivity contribution in [3.8, 4) is 11.3 Å². The lowest BCUT2D eigenvalue weighted by atomic mass is 10.0. The van der Waals surface area contributed by atoms with Crippen LogP contribution in [-0.2, 0) is 6.42 Å². The summed E-state index contributed by atoms with van der Waals surface area (Å²) in [7, 11) is 0. The summed E-state index contributed by atoms with van der Waals surface area (Å²) in [5.74, 6) is 0. The first kappa shape index (κ1) is 11.7. The summed E-state index contributed by atoms with van der Waals surface area (Å²) in [6, 6.07) is 10.3. The molecule has 0 atom stereocenters. The second-order valence-corrected chi connectivity index (χ2v) is 4.25. The third-order valence-electron chi connectivity index (χ3n) is 2.92. The van der Waals surface area contributed by atoms with E-state index in [1.165, 1.54) is 11.1 Å². The van der Waals surface area contributed by atoms with E-state index < -0.39 is 0 Å². The maximum Gasteiger partial charge on any atom is 0.0929 e. The monoisotopic (exact) mass is 227 g/mol. The lowest BCUT2D eigenvalue weighted by molar-refractivity contribution is 0.869. The van der Waals surface area contributed by atoms with Gasteiger partial charge in [-0.2, -0.15) is 10.2 Å². The molecule has 3 heteroatoms. The van der Waals surface area contributed by atoms with Gasteiger partial charge in [-0.1, -0.05) is 12.1 Å². The molecule has 0 aliphatic heterocycles. The van der Waals surface area contributed by atoms with E-state index in [0.717, 1.165) is 23.4 Å². The first-order valence-corrected chi connectivity index (χ1v) is 5.81. The first-order chi connectivity index (χ1) is 8.20. The van der Waals surface area contributed by atoms with Crippen LogP contribution in [0.2, 0.25) is 0 Å². The van der Waals surface area contributed by atoms with Crippen molar-refractivity contribution in [3.63, 3.8) is 0 Å². The zero-order valence-electron chi connectivity index (χ0n) is 10.3. The average Bonchev–Trinajstić information content (AvgIpc) is 2.34. The summed E-state index contributed by atoms with van der Waals surface area (Å²) in [6.45, 7) is 4.82. The van der Waals surface area contributed by atoms with E-state index in [1.807, 2.05) is 12.1 Å². The highest BCUT2D eigenvalue weighted by Crippen LogP contribution is 2.19. The molecule has 0 aliphatic carbocycles. The number of hydrogen-bond acceptors (Lipinski definition) is 3. The molecule has 1 heterocycles. The fraction of sp³-hybridized carbons (Fsp3) is 0.286. The molecule has 0 radical (unpaired) electrons. The van der Waals surface area contributed by atoms with Crippen LogP contribution in [-0.4, -0.2) is 16.7 Å². The molecule has 3 nitrogen and oxygen atoms in total. The molecule has 0 saturated carbocycles. The van der Waals surface area contributed by atoms with Crippen LogP contribution in [0.3, 0.4) is 0 Å². The maximum atomic E-state index is 5.48. The van der Waals surface area contributed by atoms with E-state index in [1.54, 1.807) is 0 Å². The molecule has 0 spiro atoms. The van der Waals surface area contributed by atoms with Crippen LogP contribution in [0.1, 0.15) is 16.8 Å². The van der Waals surface area contributed by atoms with Crippen LogP contribution in [0.5, 0.6) is 0 Å². The zero-order chi connectivity index (χ0) is 12.3. The van der Waals surface area contributed by atoms with Gasteiger partial charge < -0.3 is 5.73 Å². The van der Waals surface area contributed by atoms with E-state index >= 15 is 0 Å². The molecule has 88 valence electrons. The number of aryl methyl sites for hydroxylation is 2. The van der Waals surface area contributed by atoms with E-state index in [2.05, 4.69) is 42.2 Å². The number of nitrogens with zero attached hydrogens (tertiary/aromatic N) is 2. The third-order valence-corrected chi connectivity index (χ3v) is 2.92. The standard InChI is InChI=1S/C14H17N3/c1-10-3-4-12(9-11(10)2)14-6-5-13(7-8-15)16-17-14/h3-6,9H,7-8,15H2,1-2H3. The molecular formula is C14H17N3. The zero-order valence-corrected chi connectivity index (χ0v) is 10.3. The van der Waals surface area contributed by atoms with Gasteiger partial charge in [-0.25, -0.2) is 0 Å². The number of benzene rings is 1. The molecule has 0 unspecified atom stereocenters. The van der Waals surface area contributed by atoms with Crippen LogP contribution in [0.15, 0.2) is 30.3 Å². The molecule has 0 saturated heterocycles. The quantitative estimate of drug-likeness (QED) is 0.875. The highest BCUT2D eigenvalue weighted by Gasteiger charge is 2.02. The normalized spacial score (nSPS) is 10.5. The second kappa shape index (κ2) is 5.06. The summed E-state index contributed by atoms with van der Waals surface area (Å²) in [5, 5.41) is 8.40. The van der Waals surface area contributed by atoms with Crippen molar-refractivity contribution in [3.05, 3.63) is 47.2 Å². The topological polar surface area (TPSA) is 51.8 Å². The second-order valence-electron chi connectivity index (χ2n) is 4.25. The first-order valence-electron chi connectivity index (χ1n) is 5.81. The van der Waals surface area contributed by atoms with Gasteiger partial charge in [-0.15, -0.1) is 0 Å². The lowest BCUT2D eigenvalue weighted by Gasteiger charge is -2.05. The van der Waals surface area contributed by atoms with Crippen molar-refractivity contribution in [2.24, 2.45) is 5.73 Å². The molecule has 2 N–H and O–H groups in total. The average molecular weight is 227 g/mol. The predicted molar refractivity (Wildman–Crippen MR) is 69.7 cm³/mol. The Morgan fingerprint density at radius 1 is 1.00 bits per heavy atom. The Balaban J connectivity index is 2.30. The van der Waals surface area contributed by atoms with Crippen molar-refractivity contribution in [2.75, 3.05) is 6.54 Å². The van der Waals surface area contributed by atoms with Gasteiger partial charge in [0.1, 0.15) is 0 Å². The minimum absolute atomic E-state index is 0.609. The van der Waals surface area contributed by atoms with Gasteiger partial charge >= 0.3 is 0 Å². The molecule has 1 aromatic carbocycles.